The van der Waals surface area contributed by atoms with Crippen LogP contribution in [0.5, 0.6) is 0 Å². The van der Waals surface area contributed by atoms with Gasteiger partial charge in [-0.1, -0.05) is 0 Å². The van der Waals surface area contributed by atoms with E-state index in [4.69, 9.17) is 0 Å². The Morgan fingerprint density at radius 1 is 1.20 bits per heavy atom. The zero-order valence-corrected chi connectivity index (χ0v) is 16.0. The number of carbonyl (C=O) groups is 1. The van der Waals surface area contributed by atoms with Gasteiger partial charge in [-0.2, -0.15) is 4.31 Å². The lowest BCUT2D eigenvalue weighted by Crippen LogP contribution is -2.47. The van der Waals surface area contributed by atoms with Gasteiger partial charge >= 0.3 is 0 Å². The second-order valence-electron chi connectivity index (χ2n) is 7.25. The maximum atomic E-state index is 13.0. The van der Waals surface area contributed by atoms with E-state index < -0.39 is 10.0 Å². The van der Waals surface area contributed by atoms with Gasteiger partial charge in [0.15, 0.2) is 0 Å². The van der Waals surface area contributed by atoms with Crippen LogP contribution in [0.4, 0.5) is 5.69 Å². The van der Waals surface area contributed by atoms with Gasteiger partial charge in [0.25, 0.3) is 0 Å². The van der Waals surface area contributed by atoms with Crippen molar-refractivity contribution in [2.24, 2.45) is 0 Å². The number of likely N-dealkylation sites (tertiary alicyclic amines) is 1. The molecule has 2 aliphatic rings. The maximum absolute atomic E-state index is 13.0. The number of nitrogens with one attached hydrogen (secondary N) is 1. The van der Waals surface area contributed by atoms with Crippen LogP contribution in [-0.4, -0.2) is 55.8 Å². The van der Waals surface area contributed by atoms with Gasteiger partial charge in [-0.15, -0.1) is 0 Å². The van der Waals surface area contributed by atoms with E-state index in [1.807, 2.05) is 0 Å². The van der Waals surface area contributed by atoms with Gasteiger partial charge in [0.1, 0.15) is 0 Å². The van der Waals surface area contributed by atoms with Gasteiger partial charge in [-0.25, -0.2) is 8.42 Å². The SMILES string of the molecule is CC(C)N1CCC(N(C)S(=O)(=O)c2ccc3c(c2)CCC(=O)N3)CC1. The summed E-state index contributed by atoms with van der Waals surface area (Å²) in [6, 6.07) is 5.55. The first-order valence-corrected chi connectivity index (χ1v) is 10.4. The lowest BCUT2D eigenvalue weighted by atomic mass is 10.0. The molecule has 0 atom stereocenters. The fourth-order valence-corrected chi connectivity index (χ4v) is 5.12. The van der Waals surface area contributed by atoms with Crippen molar-refractivity contribution in [3.05, 3.63) is 23.8 Å². The van der Waals surface area contributed by atoms with Gasteiger partial charge in [0, 0.05) is 31.2 Å². The summed E-state index contributed by atoms with van der Waals surface area (Å²) in [6.45, 7) is 6.20. The molecule has 0 bridgehead atoms. The summed E-state index contributed by atoms with van der Waals surface area (Å²) >= 11 is 0. The summed E-state index contributed by atoms with van der Waals surface area (Å²) in [4.78, 5) is 14.2. The quantitative estimate of drug-likeness (QED) is 0.887. The first-order chi connectivity index (χ1) is 11.8. The summed E-state index contributed by atoms with van der Waals surface area (Å²) in [6.07, 6.45) is 2.70. The number of nitrogens with zero attached hydrogens (tertiary/aromatic N) is 2. The topological polar surface area (TPSA) is 69.7 Å². The monoisotopic (exact) mass is 365 g/mol. The highest BCUT2D eigenvalue weighted by Gasteiger charge is 2.32. The molecule has 0 spiro atoms. The molecule has 25 heavy (non-hydrogen) atoms. The van der Waals surface area contributed by atoms with Crippen molar-refractivity contribution in [1.82, 2.24) is 9.21 Å². The fourth-order valence-electron chi connectivity index (χ4n) is 3.65. The number of sulfonamides is 1. The summed E-state index contributed by atoms with van der Waals surface area (Å²) in [5.41, 5.74) is 1.62. The lowest BCUT2D eigenvalue weighted by molar-refractivity contribution is -0.116. The highest BCUT2D eigenvalue weighted by atomic mass is 32.2. The van der Waals surface area contributed by atoms with E-state index in [9.17, 15) is 13.2 Å². The minimum absolute atomic E-state index is 0.0165. The standard InChI is InChI=1S/C18H27N3O3S/c1-13(2)21-10-8-15(9-11-21)20(3)25(23,24)16-5-6-17-14(12-16)4-7-18(22)19-17/h5-6,12-13,15H,4,7-11H2,1-3H3,(H,19,22). The summed E-state index contributed by atoms with van der Waals surface area (Å²) in [5, 5.41) is 2.79. The molecule has 0 aliphatic carbocycles. The third kappa shape index (κ3) is 3.73. The largest absolute Gasteiger partial charge is 0.326 e. The highest BCUT2D eigenvalue weighted by Crippen LogP contribution is 2.28. The van der Waals surface area contributed by atoms with Crippen molar-refractivity contribution in [3.8, 4) is 0 Å². The Labute approximate surface area is 150 Å². The third-order valence-electron chi connectivity index (χ3n) is 5.39. The molecule has 138 valence electrons. The third-order valence-corrected chi connectivity index (χ3v) is 7.30. The molecule has 1 saturated heterocycles. The van der Waals surface area contributed by atoms with Crippen LogP contribution in [0.1, 0.15) is 38.7 Å². The Bertz CT molecular complexity index is 753. The van der Waals surface area contributed by atoms with Gasteiger partial charge in [-0.3, -0.25) is 4.79 Å². The molecule has 0 saturated carbocycles. The smallest absolute Gasteiger partial charge is 0.243 e. The van der Waals surface area contributed by atoms with E-state index in [-0.39, 0.29) is 11.9 Å². The van der Waals surface area contributed by atoms with Crippen molar-refractivity contribution in [2.45, 2.75) is 56.5 Å². The van der Waals surface area contributed by atoms with Gasteiger partial charge in [0.05, 0.1) is 4.90 Å². The minimum Gasteiger partial charge on any atom is -0.326 e. The molecule has 1 N–H and O–H groups in total. The first-order valence-electron chi connectivity index (χ1n) is 8.94. The molecule has 2 aliphatic heterocycles. The molecule has 0 unspecified atom stereocenters. The Balaban J connectivity index is 1.76. The summed E-state index contributed by atoms with van der Waals surface area (Å²) in [7, 11) is -1.83. The number of anilines is 1. The first kappa shape index (κ1) is 18.4. The summed E-state index contributed by atoms with van der Waals surface area (Å²) < 4.78 is 27.6. The van der Waals surface area contributed by atoms with Crippen molar-refractivity contribution in [1.29, 1.82) is 0 Å². The zero-order chi connectivity index (χ0) is 18.2. The average Bonchev–Trinajstić information content (AvgIpc) is 2.60. The second kappa shape index (κ2) is 7.05. The Hall–Kier alpha value is -1.44. The van der Waals surface area contributed by atoms with Gasteiger partial charge in [-0.05, 0) is 70.0 Å². The van der Waals surface area contributed by atoms with Crippen molar-refractivity contribution < 1.29 is 13.2 Å². The molecule has 1 aromatic carbocycles. The predicted octanol–water partition coefficient (Wildman–Crippen LogP) is 2.06. The number of carbonyl (C=O) groups excluding carboxylic acids is 1. The molecular formula is C18H27N3O3S. The van der Waals surface area contributed by atoms with Crippen LogP contribution in [0, 0.1) is 0 Å². The highest BCUT2D eigenvalue weighted by molar-refractivity contribution is 7.89. The molecular weight excluding hydrogens is 338 g/mol. The van der Waals surface area contributed by atoms with Crippen LogP contribution in [0.3, 0.4) is 0 Å². The molecule has 1 amide bonds. The Kier molecular flexibility index (Phi) is 5.18. The van der Waals surface area contributed by atoms with Gasteiger partial charge in [0.2, 0.25) is 15.9 Å². The number of aryl methyl sites for hydroxylation is 1. The maximum Gasteiger partial charge on any atom is 0.243 e. The van der Waals surface area contributed by atoms with E-state index in [2.05, 4.69) is 24.1 Å². The van der Waals surface area contributed by atoms with E-state index in [0.717, 1.165) is 37.2 Å². The lowest BCUT2D eigenvalue weighted by Gasteiger charge is -2.38. The number of hydrogen-bond acceptors (Lipinski definition) is 4. The Morgan fingerprint density at radius 2 is 1.88 bits per heavy atom. The number of benzene rings is 1. The van der Waals surface area contributed by atoms with Gasteiger partial charge < -0.3 is 10.2 Å². The van der Waals surface area contributed by atoms with Crippen molar-refractivity contribution in [3.63, 3.8) is 0 Å². The zero-order valence-electron chi connectivity index (χ0n) is 15.2. The normalized spacial score (nSPS) is 20.0. The van der Waals surface area contributed by atoms with Crippen LogP contribution < -0.4 is 5.32 Å². The van der Waals surface area contributed by atoms with Crippen LogP contribution in [0.2, 0.25) is 0 Å². The van der Waals surface area contributed by atoms with Crippen molar-refractivity contribution in [2.75, 3.05) is 25.5 Å². The molecule has 1 aromatic rings. The minimum atomic E-state index is -3.52. The number of amides is 1. The van der Waals surface area contributed by atoms with Crippen LogP contribution in [0.25, 0.3) is 0 Å². The molecule has 3 rings (SSSR count). The van der Waals surface area contributed by atoms with E-state index in [1.54, 1.807) is 25.2 Å². The summed E-state index contributed by atoms with van der Waals surface area (Å²) in [5.74, 6) is -0.0165. The number of piperidine rings is 1. The van der Waals surface area contributed by atoms with Crippen LogP contribution in [-0.2, 0) is 21.2 Å². The molecule has 6 nitrogen and oxygen atoms in total. The van der Waals surface area contributed by atoms with E-state index >= 15 is 0 Å². The Morgan fingerprint density at radius 3 is 2.52 bits per heavy atom. The molecule has 0 radical (unpaired) electrons. The molecule has 1 fully saturated rings. The second-order valence-corrected chi connectivity index (χ2v) is 9.25. The van der Waals surface area contributed by atoms with E-state index in [0.29, 0.717) is 23.8 Å². The number of fused-ring (bicyclic) bond motifs is 1. The molecule has 7 heteroatoms. The molecule has 0 aromatic heterocycles. The fraction of sp³-hybridized carbons (Fsp3) is 0.611. The number of hydrogen-bond donors (Lipinski definition) is 1. The average molecular weight is 365 g/mol. The van der Waals surface area contributed by atoms with Crippen molar-refractivity contribution >= 4 is 21.6 Å². The van der Waals surface area contributed by atoms with E-state index in [1.165, 1.54) is 4.31 Å². The predicted molar refractivity (Wildman–Crippen MR) is 98.1 cm³/mol. The number of rotatable bonds is 4. The van der Waals surface area contributed by atoms with Crippen LogP contribution in [0.15, 0.2) is 23.1 Å². The van der Waals surface area contributed by atoms with Crippen LogP contribution >= 0.6 is 0 Å². The molecule has 2 heterocycles.